The molecule has 0 radical (unpaired) electrons. The van der Waals surface area contributed by atoms with Crippen LogP contribution >= 0.6 is 0 Å². The van der Waals surface area contributed by atoms with Gasteiger partial charge in [-0.1, -0.05) is 0 Å². The summed E-state index contributed by atoms with van der Waals surface area (Å²) in [5.41, 5.74) is 4.65. The second-order valence-corrected chi connectivity index (χ2v) is 9.09. The Morgan fingerprint density at radius 2 is 1.88 bits per heavy atom. The van der Waals surface area contributed by atoms with Crippen LogP contribution in [0.3, 0.4) is 0 Å². The molecule has 0 bridgehead atoms. The number of carboxylic acids is 1. The molecule has 1 fully saturated rings. The molecule has 3 aromatic rings. The van der Waals surface area contributed by atoms with E-state index in [1.165, 1.54) is 4.57 Å². The number of carbonyl (C=O) groups is 1. The molecule has 1 atom stereocenters. The number of pyridine rings is 1. The van der Waals surface area contributed by atoms with Crippen molar-refractivity contribution in [3.8, 4) is 5.69 Å². The van der Waals surface area contributed by atoms with Crippen molar-refractivity contribution < 1.29 is 23.1 Å². The second-order valence-electron chi connectivity index (χ2n) is 9.09. The number of piperidine rings is 1. The molecule has 33 heavy (non-hydrogen) atoms. The van der Waals surface area contributed by atoms with Crippen LogP contribution in [0.15, 0.2) is 35.3 Å². The first-order chi connectivity index (χ1) is 15.4. The van der Waals surface area contributed by atoms with Gasteiger partial charge in [-0.25, -0.2) is 18.0 Å². The summed E-state index contributed by atoms with van der Waals surface area (Å²) in [6.45, 7) is 5.95. The maximum Gasteiger partial charge on any atom is 0.341 e. The fourth-order valence-corrected chi connectivity index (χ4v) is 4.85. The quantitative estimate of drug-likeness (QED) is 0.615. The van der Waals surface area contributed by atoms with E-state index in [4.69, 9.17) is 5.73 Å². The number of rotatable bonds is 3. The Balaban J connectivity index is 2.11. The maximum absolute atomic E-state index is 15.5. The Labute approximate surface area is 188 Å². The van der Waals surface area contributed by atoms with Crippen molar-refractivity contribution >= 4 is 22.6 Å². The van der Waals surface area contributed by atoms with Gasteiger partial charge < -0.3 is 20.3 Å². The van der Waals surface area contributed by atoms with Gasteiger partial charge in [0, 0.05) is 36.0 Å². The lowest BCUT2D eigenvalue weighted by Crippen LogP contribution is -2.54. The topological polar surface area (TPSA) is 88.6 Å². The predicted molar refractivity (Wildman–Crippen MR) is 120 cm³/mol. The largest absolute Gasteiger partial charge is 0.477 e. The molecule has 0 amide bonds. The average molecular weight is 459 g/mol. The second kappa shape index (κ2) is 7.91. The zero-order valence-electron chi connectivity index (χ0n) is 18.5. The fraction of sp³-hybridized carbons (Fsp3) is 0.333. The lowest BCUT2D eigenvalue weighted by molar-refractivity contribution is 0.0695. The van der Waals surface area contributed by atoms with E-state index >= 15 is 4.39 Å². The molecule has 1 aromatic heterocycles. The Hall–Kier alpha value is -3.33. The van der Waals surface area contributed by atoms with E-state index in [-0.39, 0.29) is 28.3 Å². The number of aryl methyl sites for hydroxylation is 1. The van der Waals surface area contributed by atoms with Gasteiger partial charge in [0.25, 0.3) is 0 Å². The van der Waals surface area contributed by atoms with E-state index in [0.29, 0.717) is 31.0 Å². The van der Waals surface area contributed by atoms with Gasteiger partial charge in [-0.2, -0.15) is 0 Å². The normalized spacial score (nSPS) is 18.0. The SMILES string of the molecule is Cc1c(N2CCC(N)CC2(C)C)c(F)cc2c(=O)c(C(=O)O)cn(-c3ccc(F)cc3F)c12. The first-order valence-electron chi connectivity index (χ1n) is 10.5. The lowest BCUT2D eigenvalue weighted by atomic mass is 9.86. The number of nitrogens with two attached hydrogens (primary N) is 1. The van der Waals surface area contributed by atoms with Crippen LogP contribution in [0.4, 0.5) is 18.9 Å². The Kier molecular flexibility index (Phi) is 5.48. The smallest absolute Gasteiger partial charge is 0.341 e. The Bertz CT molecular complexity index is 1350. The zero-order chi connectivity index (χ0) is 24.2. The number of fused-ring (bicyclic) bond motifs is 1. The van der Waals surface area contributed by atoms with Crippen LogP contribution in [0, 0.1) is 24.4 Å². The number of hydrogen-bond donors (Lipinski definition) is 2. The van der Waals surface area contributed by atoms with Crippen LogP contribution in [0.1, 0.15) is 42.6 Å². The number of aromatic nitrogens is 1. The Morgan fingerprint density at radius 1 is 1.18 bits per heavy atom. The molecule has 1 saturated heterocycles. The van der Waals surface area contributed by atoms with Crippen LogP contribution in [-0.2, 0) is 0 Å². The first-order valence-corrected chi connectivity index (χ1v) is 10.5. The molecule has 3 N–H and O–H groups in total. The number of hydrogen-bond acceptors (Lipinski definition) is 4. The third-order valence-electron chi connectivity index (χ3n) is 6.34. The highest BCUT2D eigenvalue weighted by Gasteiger charge is 2.36. The van der Waals surface area contributed by atoms with Gasteiger partial charge in [-0.3, -0.25) is 4.79 Å². The van der Waals surface area contributed by atoms with E-state index in [1.54, 1.807) is 6.92 Å². The summed E-state index contributed by atoms with van der Waals surface area (Å²) in [7, 11) is 0. The monoisotopic (exact) mass is 459 g/mol. The zero-order valence-corrected chi connectivity index (χ0v) is 18.5. The standard InChI is InChI=1S/C24H24F3N3O3/c1-12-20-15(9-18(27)21(12)30-7-6-14(28)10-24(30,2)3)22(31)16(23(32)33)11-29(20)19-5-4-13(25)8-17(19)26/h4-5,8-9,11,14H,6-7,10,28H2,1-3H3,(H,32,33). The van der Waals surface area contributed by atoms with Gasteiger partial charge in [-0.15, -0.1) is 0 Å². The molecule has 1 aliphatic rings. The predicted octanol–water partition coefficient (Wildman–Crippen LogP) is 4.12. The molecule has 1 aliphatic heterocycles. The van der Waals surface area contributed by atoms with Crippen molar-refractivity contribution in [1.29, 1.82) is 0 Å². The third-order valence-corrected chi connectivity index (χ3v) is 6.34. The van der Waals surface area contributed by atoms with E-state index in [1.807, 2.05) is 18.7 Å². The van der Waals surface area contributed by atoms with Gasteiger partial charge in [0.15, 0.2) is 0 Å². The van der Waals surface area contributed by atoms with Crippen LogP contribution in [0.25, 0.3) is 16.6 Å². The molecular formula is C24H24F3N3O3. The highest BCUT2D eigenvalue weighted by atomic mass is 19.1. The summed E-state index contributed by atoms with van der Waals surface area (Å²) in [6, 6.07) is 3.79. The van der Waals surface area contributed by atoms with Crippen molar-refractivity contribution in [3.05, 3.63) is 69.3 Å². The molecule has 9 heteroatoms. The van der Waals surface area contributed by atoms with E-state index in [9.17, 15) is 23.5 Å². The maximum atomic E-state index is 15.5. The summed E-state index contributed by atoms with van der Waals surface area (Å²) in [4.78, 5) is 26.5. The van der Waals surface area contributed by atoms with Gasteiger partial charge >= 0.3 is 5.97 Å². The molecule has 0 aliphatic carbocycles. The van der Waals surface area contributed by atoms with Crippen LogP contribution < -0.4 is 16.1 Å². The van der Waals surface area contributed by atoms with Gasteiger partial charge in [0.1, 0.15) is 23.0 Å². The number of halogens is 3. The van der Waals surface area contributed by atoms with Crippen molar-refractivity contribution in [1.82, 2.24) is 4.57 Å². The highest BCUT2D eigenvalue weighted by Crippen LogP contribution is 2.39. The van der Waals surface area contributed by atoms with E-state index in [0.717, 1.165) is 24.4 Å². The summed E-state index contributed by atoms with van der Waals surface area (Å²) in [5.74, 6) is -3.98. The highest BCUT2D eigenvalue weighted by molar-refractivity contribution is 5.96. The van der Waals surface area contributed by atoms with Crippen LogP contribution in [0.2, 0.25) is 0 Å². The molecule has 174 valence electrons. The van der Waals surface area contributed by atoms with E-state index < -0.39 is 40.0 Å². The number of nitrogens with zero attached hydrogens (tertiary/aromatic N) is 2. The van der Waals surface area contributed by atoms with Crippen LogP contribution in [0.5, 0.6) is 0 Å². The number of anilines is 1. The summed E-state index contributed by atoms with van der Waals surface area (Å²) >= 11 is 0. The molecule has 0 spiro atoms. The first kappa shape index (κ1) is 22.8. The summed E-state index contributed by atoms with van der Waals surface area (Å²) < 4.78 is 45.0. The minimum atomic E-state index is -1.54. The van der Waals surface area contributed by atoms with Gasteiger partial charge in [0.2, 0.25) is 5.43 Å². The molecule has 6 nitrogen and oxygen atoms in total. The lowest BCUT2D eigenvalue weighted by Gasteiger charge is -2.47. The minimum Gasteiger partial charge on any atom is -0.477 e. The van der Waals surface area contributed by atoms with Crippen LogP contribution in [-0.4, -0.2) is 33.8 Å². The third kappa shape index (κ3) is 3.76. The van der Waals surface area contributed by atoms with Gasteiger partial charge in [0.05, 0.1) is 22.3 Å². The number of carboxylic acid groups (broad SMARTS) is 1. The Morgan fingerprint density at radius 3 is 2.48 bits per heavy atom. The number of benzene rings is 2. The molecule has 2 aromatic carbocycles. The summed E-state index contributed by atoms with van der Waals surface area (Å²) in [5, 5.41) is 9.31. The van der Waals surface area contributed by atoms with Crippen molar-refractivity contribution in [2.75, 3.05) is 11.4 Å². The molecule has 0 saturated carbocycles. The van der Waals surface area contributed by atoms with Crippen molar-refractivity contribution in [2.45, 2.75) is 45.2 Å². The van der Waals surface area contributed by atoms with Gasteiger partial charge in [-0.05, 0) is 51.8 Å². The number of aromatic carboxylic acids is 1. The summed E-state index contributed by atoms with van der Waals surface area (Å²) in [6.07, 6.45) is 2.24. The van der Waals surface area contributed by atoms with Crippen molar-refractivity contribution in [2.24, 2.45) is 5.73 Å². The molecule has 2 heterocycles. The molecule has 4 rings (SSSR count). The molecule has 1 unspecified atom stereocenters. The average Bonchev–Trinajstić information content (AvgIpc) is 2.70. The van der Waals surface area contributed by atoms with E-state index in [2.05, 4.69) is 0 Å². The molecular weight excluding hydrogens is 435 g/mol. The van der Waals surface area contributed by atoms with Crippen molar-refractivity contribution in [3.63, 3.8) is 0 Å². The fourth-order valence-electron chi connectivity index (χ4n) is 4.85. The minimum absolute atomic E-state index is 0.0373.